The second-order valence-corrected chi connectivity index (χ2v) is 10.1. The SMILES string of the molecule is COc1ccccc1NC(=O)C1=C(C)NC(SCC(=O)Nc2cccc(C)c2C)=C(C#N)[C@H]1c1ccccc1. The summed E-state index contributed by atoms with van der Waals surface area (Å²) in [6.45, 7) is 5.77. The fraction of sp³-hybridized carbons (Fsp3) is 0.194. The Kier molecular flexibility index (Phi) is 8.74. The van der Waals surface area contributed by atoms with Gasteiger partial charge in [0.2, 0.25) is 5.91 Å². The smallest absolute Gasteiger partial charge is 0.254 e. The normalized spacial score (nSPS) is 14.8. The minimum atomic E-state index is -0.614. The number of aryl methyl sites for hydroxylation is 1. The summed E-state index contributed by atoms with van der Waals surface area (Å²) in [5.74, 6) is -0.512. The molecule has 8 heteroatoms. The molecule has 0 aliphatic carbocycles. The number of benzene rings is 3. The Balaban J connectivity index is 1.62. The van der Waals surface area contributed by atoms with Crippen LogP contribution >= 0.6 is 11.8 Å². The number of anilines is 2. The van der Waals surface area contributed by atoms with Crippen LogP contribution in [0.25, 0.3) is 0 Å². The van der Waals surface area contributed by atoms with Gasteiger partial charge in [-0.2, -0.15) is 5.26 Å². The molecule has 39 heavy (non-hydrogen) atoms. The van der Waals surface area contributed by atoms with Gasteiger partial charge in [0, 0.05) is 17.0 Å². The molecule has 3 aromatic rings. The quantitative estimate of drug-likeness (QED) is 0.324. The number of nitrogens with zero attached hydrogens (tertiary/aromatic N) is 1. The maximum absolute atomic E-state index is 13.7. The number of nitriles is 1. The summed E-state index contributed by atoms with van der Waals surface area (Å²) in [7, 11) is 1.54. The summed E-state index contributed by atoms with van der Waals surface area (Å²) < 4.78 is 5.39. The summed E-state index contributed by atoms with van der Waals surface area (Å²) in [6, 6.07) is 24.7. The molecule has 0 saturated carbocycles. The van der Waals surface area contributed by atoms with E-state index in [4.69, 9.17) is 4.74 Å². The van der Waals surface area contributed by atoms with Crippen LogP contribution in [0.4, 0.5) is 11.4 Å². The molecule has 4 rings (SSSR count). The highest BCUT2D eigenvalue weighted by Gasteiger charge is 2.35. The van der Waals surface area contributed by atoms with E-state index in [1.54, 1.807) is 26.2 Å². The van der Waals surface area contributed by atoms with Crippen molar-refractivity contribution in [1.29, 1.82) is 5.26 Å². The number of allylic oxidation sites excluding steroid dienone is 2. The van der Waals surface area contributed by atoms with Crippen LogP contribution in [0.15, 0.2) is 94.7 Å². The van der Waals surface area contributed by atoms with Gasteiger partial charge >= 0.3 is 0 Å². The lowest BCUT2D eigenvalue weighted by molar-refractivity contribution is -0.114. The Hall–Kier alpha value is -4.48. The van der Waals surface area contributed by atoms with Gasteiger partial charge < -0.3 is 20.7 Å². The predicted molar refractivity (Wildman–Crippen MR) is 156 cm³/mol. The molecule has 0 fully saturated rings. The van der Waals surface area contributed by atoms with Gasteiger partial charge in [-0.05, 0) is 55.7 Å². The first kappa shape index (κ1) is 27.6. The molecule has 2 amide bonds. The van der Waals surface area contributed by atoms with Gasteiger partial charge in [0.05, 0.1) is 41.1 Å². The minimum Gasteiger partial charge on any atom is -0.495 e. The topological polar surface area (TPSA) is 103 Å². The summed E-state index contributed by atoms with van der Waals surface area (Å²) in [4.78, 5) is 26.5. The molecule has 1 heterocycles. The van der Waals surface area contributed by atoms with E-state index in [2.05, 4.69) is 22.0 Å². The van der Waals surface area contributed by atoms with E-state index in [0.29, 0.717) is 33.3 Å². The summed E-state index contributed by atoms with van der Waals surface area (Å²) in [6.07, 6.45) is 0. The number of carbonyl (C=O) groups is 2. The fourth-order valence-electron chi connectivity index (χ4n) is 4.45. The number of rotatable bonds is 8. The number of dihydropyridines is 1. The molecule has 1 atom stereocenters. The van der Waals surface area contributed by atoms with Crippen molar-refractivity contribution in [3.63, 3.8) is 0 Å². The van der Waals surface area contributed by atoms with Crippen molar-refractivity contribution in [2.75, 3.05) is 23.5 Å². The van der Waals surface area contributed by atoms with E-state index in [9.17, 15) is 14.9 Å². The lowest BCUT2D eigenvalue weighted by Crippen LogP contribution is -2.31. The van der Waals surface area contributed by atoms with E-state index in [0.717, 1.165) is 22.4 Å². The van der Waals surface area contributed by atoms with Crippen LogP contribution in [0.3, 0.4) is 0 Å². The van der Waals surface area contributed by atoms with Gasteiger partial charge in [-0.15, -0.1) is 0 Å². The zero-order valence-corrected chi connectivity index (χ0v) is 23.1. The third-order valence-electron chi connectivity index (χ3n) is 6.61. The average molecular weight is 539 g/mol. The molecule has 0 spiro atoms. The van der Waals surface area contributed by atoms with Crippen molar-refractivity contribution >= 4 is 35.0 Å². The van der Waals surface area contributed by atoms with Crippen LogP contribution in [0, 0.1) is 25.2 Å². The van der Waals surface area contributed by atoms with Gasteiger partial charge in [-0.1, -0.05) is 66.4 Å². The van der Waals surface area contributed by atoms with Gasteiger partial charge in [-0.25, -0.2) is 0 Å². The molecule has 0 bridgehead atoms. The van der Waals surface area contributed by atoms with Gasteiger partial charge in [0.15, 0.2) is 0 Å². The van der Waals surface area contributed by atoms with Crippen molar-refractivity contribution in [2.24, 2.45) is 0 Å². The standard InChI is InChI=1S/C31H30N4O3S/c1-19-11-10-15-24(20(19)2)34-27(36)18-39-31-23(17-32)29(22-12-6-5-7-13-22)28(21(3)33-31)30(37)35-25-14-8-9-16-26(25)38-4/h5-16,29,33H,18H2,1-4H3,(H,34,36)(H,35,37)/t29-/m1/s1. The first-order valence-electron chi connectivity index (χ1n) is 12.4. The Morgan fingerprint density at radius 2 is 1.64 bits per heavy atom. The molecular formula is C31H30N4O3S. The Bertz CT molecular complexity index is 1510. The van der Waals surface area contributed by atoms with Crippen molar-refractivity contribution in [1.82, 2.24) is 5.32 Å². The Labute approximate surface area is 233 Å². The largest absolute Gasteiger partial charge is 0.495 e. The number of methoxy groups -OCH3 is 1. The molecule has 0 unspecified atom stereocenters. The summed E-state index contributed by atoms with van der Waals surface area (Å²) in [5, 5.41) is 20.0. The molecule has 198 valence electrons. The van der Waals surface area contributed by atoms with E-state index in [1.807, 2.05) is 74.5 Å². The predicted octanol–water partition coefficient (Wildman–Crippen LogP) is 6.02. The van der Waals surface area contributed by atoms with Crippen LogP contribution in [-0.2, 0) is 9.59 Å². The number of thioether (sulfide) groups is 1. The number of ether oxygens (including phenoxy) is 1. The minimum absolute atomic E-state index is 0.0957. The van der Waals surface area contributed by atoms with E-state index >= 15 is 0 Å². The molecule has 1 aliphatic heterocycles. The average Bonchev–Trinajstić information content (AvgIpc) is 2.94. The molecule has 0 aromatic heterocycles. The summed E-state index contributed by atoms with van der Waals surface area (Å²) in [5.41, 5.74) is 5.61. The zero-order chi connectivity index (χ0) is 27.9. The van der Waals surface area contributed by atoms with Crippen molar-refractivity contribution in [3.05, 3.63) is 111 Å². The molecule has 3 N–H and O–H groups in total. The van der Waals surface area contributed by atoms with Crippen LogP contribution in [0.5, 0.6) is 5.75 Å². The number of nitrogens with one attached hydrogen (secondary N) is 3. The molecular weight excluding hydrogens is 508 g/mol. The van der Waals surface area contributed by atoms with Gasteiger partial charge in [0.1, 0.15) is 5.75 Å². The molecule has 0 radical (unpaired) electrons. The van der Waals surface area contributed by atoms with Crippen molar-refractivity contribution in [3.8, 4) is 11.8 Å². The maximum Gasteiger partial charge on any atom is 0.254 e. The van der Waals surface area contributed by atoms with E-state index in [1.165, 1.54) is 11.8 Å². The highest BCUT2D eigenvalue weighted by Crippen LogP contribution is 2.41. The van der Waals surface area contributed by atoms with Crippen LogP contribution < -0.4 is 20.7 Å². The van der Waals surface area contributed by atoms with Gasteiger partial charge in [-0.3, -0.25) is 9.59 Å². The number of amides is 2. The van der Waals surface area contributed by atoms with Crippen LogP contribution in [0.1, 0.15) is 29.5 Å². The Morgan fingerprint density at radius 3 is 2.36 bits per heavy atom. The van der Waals surface area contributed by atoms with Crippen LogP contribution in [0.2, 0.25) is 0 Å². The molecule has 7 nitrogen and oxygen atoms in total. The second kappa shape index (κ2) is 12.4. The van der Waals surface area contributed by atoms with E-state index < -0.39 is 5.92 Å². The number of para-hydroxylation sites is 2. The monoisotopic (exact) mass is 538 g/mol. The molecule has 0 saturated heterocycles. The second-order valence-electron chi connectivity index (χ2n) is 9.10. The lowest BCUT2D eigenvalue weighted by Gasteiger charge is -2.30. The first-order chi connectivity index (χ1) is 18.8. The third-order valence-corrected chi connectivity index (χ3v) is 7.62. The maximum atomic E-state index is 13.7. The summed E-state index contributed by atoms with van der Waals surface area (Å²) >= 11 is 1.24. The highest BCUT2D eigenvalue weighted by atomic mass is 32.2. The van der Waals surface area contributed by atoms with Crippen molar-refractivity contribution < 1.29 is 14.3 Å². The first-order valence-corrected chi connectivity index (χ1v) is 13.4. The van der Waals surface area contributed by atoms with Crippen molar-refractivity contribution in [2.45, 2.75) is 26.7 Å². The third kappa shape index (κ3) is 6.16. The van der Waals surface area contributed by atoms with Gasteiger partial charge in [0.25, 0.3) is 5.91 Å². The lowest BCUT2D eigenvalue weighted by atomic mass is 9.82. The highest BCUT2D eigenvalue weighted by molar-refractivity contribution is 8.03. The zero-order valence-electron chi connectivity index (χ0n) is 22.3. The molecule has 3 aromatic carbocycles. The molecule has 1 aliphatic rings. The Morgan fingerprint density at radius 1 is 0.949 bits per heavy atom. The van der Waals surface area contributed by atoms with E-state index in [-0.39, 0.29) is 17.6 Å². The van der Waals surface area contributed by atoms with Crippen LogP contribution in [-0.4, -0.2) is 24.7 Å². The number of carbonyl (C=O) groups excluding carboxylic acids is 2. The fourth-order valence-corrected chi connectivity index (χ4v) is 5.35. The number of hydrogen-bond acceptors (Lipinski definition) is 6. The number of hydrogen-bond donors (Lipinski definition) is 3.